The number of benzene rings is 1. The molecule has 0 spiro atoms. The molecule has 1 unspecified atom stereocenters. The summed E-state index contributed by atoms with van der Waals surface area (Å²) in [6, 6.07) is 5.80. The highest BCUT2D eigenvalue weighted by Gasteiger charge is 2.62. The molecular formula is C17H18ClF3N2O2. The molecule has 1 saturated carbocycles. The molecular weight excluding hydrogens is 357 g/mol. The molecule has 2 N–H and O–H groups in total. The van der Waals surface area contributed by atoms with Gasteiger partial charge in [-0.05, 0) is 25.0 Å². The minimum Gasteiger partial charge on any atom is -0.359 e. The molecule has 1 heterocycles. The van der Waals surface area contributed by atoms with E-state index in [9.17, 15) is 23.1 Å². The van der Waals surface area contributed by atoms with Crippen molar-refractivity contribution in [3.05, 3.63) is 46.6 Å². The van der Waals surface area contributed by atoms with Crippen LogP contribution in [0.1, 0.15) is 42.5 Å². The maximum Gasteiger partial charge on any atom is 0.442 e. The summed E-state index contributed by atoms with van der Waals surface area (Å²) in [4.78, 5) is 12.6. The van der Waals surface area contributed by atoms with Crippen LogP contribution in [-0.2, 0) is 0 Å². The van der Waals surface area contributed by atoms with Crippen molar-refractivity contribution < 1.29 is 23.1 Å². The quantitative estimate of drug-likeness (QED) is 0.822. The Morgan fingerprint density at radius 2 is 1.88 bits per heavy atom. The molecule has 8 heteroatoms. The lowest BCUT2D eigenvalue weighted by molar-refractivity contribution is -0.283. The minimum absolute atomic E-state index is 0.0185. The number of alkyl halides is 3. The van der Waals surface area contributed by atoms with Crippen molar-refractivity contribution in [1.29, 1.82) is 0 Å². The lowest BCUT2D eigenvalue weighted by Gasteiger charge is -2.34. The van der Waals surface area contributed by atoms with Crippen LogP contribution in [0.25, 0.3) is 0 Å². The van der Waals surface area contributed by atoms with E-state index in [2.05, 4.69) is 5.43 Å². The van der Waals surface area contributed by atoms with Crippen molar-refractivity contribution in [2.75, 3.05) is 0 Å². The van der Waals surface area contributed by atoms with Crippen molar-refractivity contribution >= 4 is 17.5 Å². The SMILES string of the molecule is O=C(c1ccccc1Cl)N1NC(C2CCCCC2)=CC1(O)C(F)(F)F. The minimum atomic E-state index is -5.05. The maximum absolute atomic E-state index is 13.6. The molecule has 0 radical (unpaired) electrons. The van der Waals surface area contributed by atoms with Crippen molar-refractivity contribution in [3.63, 3.8) is 0 Å². The zero-order chi connectivity index (χ0) is 18.2. The second-order valence-corrected chi connectivity index (χ2v) is 6.80. The Hall–Kier alpha value is -1.73. The van der Waals surface area contributed by atoms with E-state index in [1.165, 1.54) is 18.2 Å². The molecule has 1 aliphatic carbocycles. The first-order chi connectivity index (χ1) is 11.7. The fourth-order valence-corrected chi connectivity index (χ4v) is 3.54. The Morgan fingerprint density at radius 3 is 2.48 bits per heavy atom. The number of hydrogen-bond acceptors (Lipinski definition) is 3. The van der Waals surface area contributed by atoms with Crippen LogP contribution in [0.5, 0.6) is 0 Å². The van der Waals surface area contributed by atoms with Crippen LogP contribution in [0.2, 0.25) is 5.02 Å². The van der Waals surface area contributed by atoms with Crippen molar-refractivity contribution in [1.82, 2.24) is 10.4 Å². The summed E-state index contributed by atoms with van der Waals surface area (Å²) in [5, 5.41) is 10.6. The molecule has 25 heavy (non-hydrogen) atoms. The van der Waals surface area contributed by atoms with E-state index in [1.807, 2.05) is 0 Å². The van der Waals surface area contributed by atoms with Gasteiger partial charge >= 0.3 is 6.18 Å². The van der Waals surface area contributed by atoms with E-state index >= 15 is 0 Å². The van der Waals surface area contributed by atoms with Gasteiger partial charge in [0.15, 0.2) is 0 Å². The molecule has 1 aromatic rings. The summed E-state index contributed by atoms with van der Waals surface area (Å²) < 4.78 is 40.7. The van der Waals surface area contributed by atoms with E-state index in [4.69, 9.17) is 11.6 Å². The molecule has 1 fully saturated rings. The molecule has 4 nitrogen and oxygen atoms in total. The molecule has 1 atom stereocenters. The second-order valence-electron chi connectivity index (χ2n) is 6.39. The first-order valence-electron chi connectivity index (χ1n) is 8.11. The van der Waals surface area contributed by atoms with Gasteiger partial charge in [0.2, 0.25) is 0 Å². The van der Waals surface area contributed by atoms with Crippen LogP contribution >= 0.6 is 11.6 Å². The van der Waals surface area contributed by atoms with Gasteiger partial charge in [-0.2, -0.15) is 13.2 Å². The number of halogens is 4. The van der Waals surface area contributed by atoms with E-state index in [-0.39, 0.29) is 27.2 Å². The number of hydrogen-bond donors (Lipinski definition) is 2. The second kappa shape index (κ2) is 6.53. The molecule has 0 aromatic heterocycles. The summed E-state index contributed by atoms with van der Waals surface area (Å²) in [7, 11) is 0. The van der Waals surface area contributed by atoms with Crippen molar-refractivity contribution in [2.45, 2.75) is 44.0 Å². The van der Waals surface area contributed by atoms with E-state index < -0.39 is 17.8 Å². The molecule has 0 bridgehead atoms. The molecule has 0 saturated heterocycles. The first kappa shape index (κ1) is 18.1. The highest BCUT2D eigenvalue weighted by Crippen LogP contribution is 2.42. The monoisotopic (exact) mass is 374 g/mol. The number of carbonyl (C=O) groups excluding carboxylic acids is 1. The fraction of sp³-hybridized carbons (Fsp3) is 0.471. The van der Waals surface area contributed by atoms with Crippen molar-refractivity contribution in [3.8, 4) is 0 Å². The van der Waals surface area contributed by atoms with Gasteiger partial charge < -0.3 is 5.11 Å². The Balaban J connectivity index is 1.95. The lowest BCUT2D eigenvalue weighted by Crippen LogP contribution is -2.60. The van der Waals surface area contributed by atoms with E-state index in [0.29, 0.717) is 0 Å². The van der Waals surface area contributed by atoms with Gasteiger partial charge in [-0.15, -0.1) is 0 Å². The molecule has 1 amide bonds. The number of carbonyl (C=O) groups is 1. The number of allylic oxidation sites excluding steroid dienone is 1. The van der Waals surface area contributed by atoms with Gasteiger partial charge in [0.1, 0.15) is 0 Å². The predicted molar refractivity (Wildman–Crippen MR) is 86.4 cm³/mol. The highest BCUT2D eigenvalue weighted by atomic mass is 35.5. The smallest absolute Gasteiger partial charge is 0.359 e. The van der Waals surface area contributed by atoms with Gasteiger partial charge in [-0.3, -0.25) is 10.2 Å². The third-order valence-corrected chi connectivity index (χ3v) is 5.04. The Labute approximate surface area is 148 Å². The number of hydrazine groups is 1. The van der Waals surface area contributed by atoms with E-state index in [0.717, 1.165) is 38.2 Å². The number of amides is 1. The van der Waals surface area contributed by atoms with Crippen LogP contribution in [0.3, 0.4) is 0 Å². The number of nitrogens with zero attached hydrogens (tertiary/aromatic N) is 1. The third-order valence-electron chi connectivity index (χ3n) is 4.71. The van der Waals surface area contributed by atoms with Gasteiger partial charge in [0, 0.05) is 17.7 Å². The number of rotatable bonds is 2. The maximum atomic E-state index is 13.6. The lowest BCUT2D eigenvalue weighted by atomic mass is 9.86. The van der Waals surface area contributed by atoms with Crippen LogP contribution in [0, 0.1) is 5.92 Å². The van der Waals surface area contributed by atoms with Crippen LogP contribution in [-0.4, -0.2) is 27.9 Å². The average Bonchev–Trinajstić information content (AvgIpc) is 2.94. The summed E-state index contributed by atoms with van der Waals surface area (Å²) in [5.74, 6) is -1.17. The fourth-order valence-electron chi connectivity index (χ4n) is 3.32. The number of aliphatic hydroxyl groups is 1. The van der Waals surface area contributed by atoms with Gasteiger partial charge in [0.05, 0.1) is 10.6 Å². The largest absolute Gasteiger partial charge is 0.442 e. The Morgan fingerprint density at radius 1 is 1.24 bits per heavy atom. The first-order valence-corrected chi connectivity index (χ1v) is 8.49. The molecule has 136 valence electrons. The normalized spacial score (nSPS) is 24.8. The van der Waals surface area contributed by atoms with Crippen molar-refractivity contribution in [2.24, 2.45) is 5.92 Å². The summed E-state index contributed by atoms with van der Waals surface area (Å²) in [6.07, 6.45) is -0.0262. The predicted octanol–water partition coefficient (Wildman–Crippen LogP) is 4.02. The molecule has 3 rings (SSSR count). The van der Waals surface area contributed by atoms with Gasteiger partial charge in [0.25, 0.3) is 11.6 Å². The molecule has 1 aromatic carbocycles. The zero-order valence-corrected chi connectivity index (χ0v) is 14.1. The summed E-state index contributed by atoms with van der Waals surface area (Å²) in [6.45, 7) is 0. The topological polar surface area (TPSA) is 52.6 Å². The summed E-state index contributed by atoms with van der Waals surface area (Å²) >= 11 is 5.93. The van der Waals surface area contributed by atoms with Gasteiger partial charge in [-0.25, -0.2) is 5.01 Å². The van der Waals surface area contributed by atoms with Gasteiger partial charge in [-0.1, -0.05) is 43.0 Å². The van der Waals surface area contributed by atoms with Crippen LogP contribution in [0.4, 0.5) is 13.2 Å². The third kappa shape index (κ3) is 3.22. The molecule has 1 aliphatic heterocycles. The van der Waals surface area contributed by atoms with E-state index in [1.54, 1.807) is 6.07 Å². The molecule has 2 aliphatic rings. The average molecular weight is 375 g/mol. The van der Waals surface area contributed by atoms with Crippen LogP contribution in [0.15, 0.2) is 36.0 Å². The zero-order valence-electron chi connectivity index (χ0n) is 13.3. The Bertz CT molecular complexity index is 701. The standard InChI is InChI=1S/C17H18ClF3N2O2/c18-13-9-5-4-8-12(13)15(24)23-16(25,17(19,20)21)10-14(22-23)11-6-2-1-3-7-11/h4-5,8-11,22,25H,1-3,6-7H2. The number of nitrogens with one attached hydrogen (secondary N) is 1. The summed E-state index contributed by atoms with van der Waals surface area (Å²) in [5.41, 5.74) is -0.784. The van der Waals surface area contributed by atoms with Crippen LogP contribution < -0.4 is 5.43 Å². The highest BCUT2D eigenvalue weighted by molar-refractivity contribution is 6.33. The Kier molecular flexibility index (Phi) is 4.72.